The number of carbonyl (C=O) groups excluding carboxylic acids is 1. The minimum atomic E-state index is -0.370. The summed E-state index contributed by atoms with van der Waals surface area (Å²) >= 11 is 1.59. The molecular formula is C17H25NO4S. The van der Waals surface area contributed by atoms with E-state index in [0.717, 1.165) is 17.7 Å². The minimum absolute atomic E-state index is 0.248. The molecule has 1 saturated carbocycles. The van der Waals surface area contributed by atoms with Crippen LogP contribution in [0.1, 0.15) is 32.1 Å². The van der Waals surface area contributed by atoms with E-state index in [1.807, 2.05) is 18.2 Å². The van der Waals surface area contributed by atoms with Crippen LogP contribution >= 0.6 is 11.8 Å². The molecule has 128 valence electrons. The largest absolute Gasteiger partial charge is 0.412 e. The molecule has 0 saturated heterocycles. The zero-order chi connectivity index (χ0) is 16.5. The molecule has 0 aromatic heterocycles. The summed E-state index contributed by atoms with van der Waals surface area (Å²) in [6.07, 6.45) is 5.08. The van der Waals surface area contributed by atoms with Gasteiger partial charge in [0.2, 0.25) is 0 Å². The molecule has 1 aromatic rings. The van der Waals surface area contributed by atoms with Gasteiger partial charge in [0.25, 0.3) is 0 Å². The Bertz CT molecular complexity index is 487. The Morgan fingerprint density at radius 3 is 2.70 bits per heavy atom. The predicted octanol–water partition coefficient (Wildman–Crippen LogP) is 3.82. The third kappa shape index (κ3) is 6.41. The second kappa shape index (κ2) is 9.80. The van der Waals surface area contributed by atoms with Crippen molar-refractivity contribution in [2.24, 2.45) is 0 Å². The van der Waals surface area contributed by atoms with Gasteiger partial charge in [0.15, 0.2) is 6.29 Å². The summed E-state index contributed by atoms with van der Waals surface area (Å²) in [6, 6.07) is 7.74. The number of benzene rings is 1. The molecule has 1 N–H and O–H groups in total. The normalized spacial score (nSPS) is 15.6. The standard InChI is InChI=1S/C17H25NO4S/c1-20-16(21-2)12-23-15-10-6-9-14(11-15)22-17(19)18-13-7-4-3-5-8-13/h6,9-11,13,16H,3-5,7-8,12H2,1-2H3,(H,18,19). The van der Waals surface area contributed by atoms with Gasteiger partial charge in [-0.15, -0.1) is 11.8 Å². The number of rotatable bonds is 7. The third-order valence-corrected chi connectivity index (χ3v) is 4.88. The first kappa shape index (κ1) is 18.1. The lowest BCUT2D eigenvalue weighted by Gasteiger charge is -2.22. The molecule has 0 aliphatic heterocycles. The molecule has 0 unspecified atom stereocenters. The lowest BCUT2D eigenvalue weighted by molar-refractivity contribution is -0.0842. The summed E-state index contributed by atoms with van der Waals surface area (Å²) in [5, 5.41) is 2.95. The number of methoxy groups -OCH3 is 2. The van der Waals surface area contributed by atoms with Crippen LogP contribution in [0.3, 0.4) is 0 Å². The van der Waals surface area contributed by atoms with E-state index in [2.05, 4.69) is 5.32 Å². The quantitative estimate of drug-likeness (QED) is 0.604. The van der Waals surface area contributed by atoms with Crippen LogP contribution in [0, 0.1) is 0 Å². The SMILES string of the molecule is COC(CSc1cccc(OC(=O)NC2CCCCC2)c1)OC. The number of carbonyl (C=O) groups is 1. The van der Waals surface area contributed by atoms with Crippen molar-refractivity contribution in [1.29, 1.82) is 0 Å². The number of nitrogens with one attached hydrogen (secondary N) is 1. The van der Waals surface area contributed by atoms with E-state index in [0.29, 0.717) is 11.5 Å². The topological polar surface area (TPSA) is 56.8 Å². The van der Waals surface area contributed by atoms with E-state index in [1.165, 1.54) is 19.3 Å². The molecule has 23 heavy (non-hydrogen) atoms. The van der Waals surface area contributed by atoms with E-state index in [1.54, 1.807) is 32.0 Å². The Labute approximate surface area is 142 Å². The molecular weight excluding hydrogens is 314 g/mol. The number of hydrogen-bond donors (Lipinski definition) is 1. The van der Waals surface area contributed by atoms with Crippen LogP contribution in [0.2, 0.25) is 0 Å². The average Bonchev–Trinajstić information content (AvgIpc) is 2.57. The molecule has 1 aliphatic rings. The fraction of sp³-hybridized carbons (Fsp3) is 0.588. The van der Waals surface area contributed by atoms with Gasteiger partial charge < -0.3 is 19.5 Å². The van der Waals surface area contributed by atoms with Gasteiger partial charge in [-0.25, -0.2) is 4.79 Å². The van der Waals surface area contributed by atoms with Crippen LogP contribution in [0.15, 0.2) is 29.2 Å². The van der Waals surface area contributed by atoms with Crippen molar-refractivity contribution in [3.63, 3.8) is 0 Å². The maximum atomic E-state index is 12.0. The van der Waals surface area contributed by atoms with E-state index in [-0.39, 0.29) is 18.4 Å². The molecule has 2 rings (SSSR count). The third-order valence-electron chi connectivity index (χ3n) is 3.86. The fourth-order valence-corrected chi connectivity index (χ4v) is 3.55. The molecule has 1 amide bonds. The Balaban J connectivity index is 1.82. The average molecular weight is 339 g/mol. The molecule has 1 aliphatic carbocycles. The first-order valence-electron chi connectivity index (χ1n) is 7.98. The van der Waals surface area contributed by atoms with Gasteiger partial charge in [0.1, 0.15) is 5.75 Å². The number of thioether (sulfide) groups is 1. The van der Waals surface area contributed by atoms with Crippen molar-refractivity contribution in [1.82, 2.24) is 5.32 Å². The van der Waals surface area contributed by atoms with Gasteiger partial charge in [0.05, 0.1) is 0 Å². The Morgan fingerprint density at radius 2 is 2.00 bits per heavy atom. The van der Waals surface area contributed by atoms with Crippen molar-refractivity contribution in [3.8, 4) is 5.75 Å². The van der Waals surface area contributed by atoms with Gasteiger partial charge in [-0.2, -0.15) is 0 Å². The van der Waals surface area contributed by atoms with Crippen LogP contribution in [-0.4, -0.2) is 38.4 Å². The summed E-state index contributed by atoms with van der Waals surface area (Å²) in [5.74, 6) is 1.22. The van der Waals surface area contributed by atoms with E-state index in [4.69, 9.17) is 14.2 Å². The second-order valence-corrected chi connectivity index (χ2v) is 6.65. The number of ether oxygens (including phenoxy) is 3. The molecule has 0 bridgehead atoms. The summed E-state index contributed by atoms with van der Waals surface area (Å²) in [6.45, 7) is 0. The Morgan fingerprint density at radius 1 is 1.26 bits per heavy atom. The first-order valence-corrected chi connectivity index (χ1v) is 8.96. The van der Waals surface area contributed by atoms with Crippen molar-refractivity contribution in [2.45, 2.75) is 49.3 Å². The highest BCUT2D eigenvalue weighted by atomic mass is 32.2. The first-order chi connectivity index (χ1) is 11.2. The molecule has 1 fully saturated rings. The van der Waals surface area contributed by atoms with Crippen molar-refractivity contribution >= 4 is 17.9 Å². The van der Waals surface area contributed by atoms with E-state index >= 15 is 0 Å². The number of amides is 1. The highest BCUT2D eigenvalue weighted by Crippen LogP contribution is 2.24. The van der Waals surface area contributed by atoms with Crippen LogP contribution in [0.5, 0.6) is 5.75 Å². The molecule has 0 spiro atoms. The smallest absolute Gasteiger partial charge is 0.410 e. The lowest BCUT2D eigenvalue weighted by Crippen LogP contribution is -2.37. The second-order valence-electron chi connectivity index (χ2n) is 5.56. The highest BCUT2D eigenvalue weighted by molar-refractivity contribution is 7.99. The molecule has 1 aromatic carbocycles. The van der Waals surface area contributed by atoms with Crippen LogP contribution in [0.4, 0.5) is 4.79 Å². The summed E-state index contributed by atoms with van der Waals surface area (Å²) < 4.78 is 15.7. The Hall–Kier alpha value is -1.24. The summed E-state index contributed by atoms with van der Waals surface area (Å²) in [5.41, 5.74) is 0. The summed E-state index contributed by atoms with van der Waals surface area (Å²) in [4.78, 5) is 13.0. The van der Waals surface area contributed by atoms with Crippen molar-refractivity contribution < 1.29 is 19.0 Å². The number of hydrogen-bond acceptors (Lipinski definition) is 5. The van der Waals surface area contributed by atoms with Crippen molar-refractivity contribution in [2.75, 3.05) is 20.0 Å². The van der Waals surface area contributed by atoms with E-state index < -0.39 is 0 Å². The van der Waals surface area contributed by atoms with Gasteiger partial charge in [0, 0.05) is 30.9 Å². The van der Waals surface area contributed by atoms with E-state index in [9.17, 15) is 4.79 Å². The van der Waals surface area contributed by atoms with Gasteiger partial charge in [-0.1, -0.05) is 25.3 Å². The molecule has 0 heterocycles. The van der Waals surface area contributed by atoms with Crippen LogP contribution in [0.25, 0.3) is 0 Å². The summed E-state index contributed by atoms with van der Waals surface area (Å²) in [7, 11) is 3.23. The maximum absolute atomic E-state index is 12.0. The predicted molar refractivity (Wildman–Crippen MR) is 91.0 cm³/mol. The lowest BCUT2D eigenvalue weighted by atomic mass is 9.96. The molecule has 0 radical (unpaired) electrons. The maximum Gasteiger partial charge on any atom is 0.412 e. The zero-order valence-electron chi connectivity index (χ0n) is 13.7. The van der Waals surface area contributed by atoms with Crippen LogP contribution < -0.4 is 10.1 Å². The van der Waals surface area contributed by atoms with Gasteiger partial charge in [-0.05, 0) is 31.0 Å². The monoisotopic (exact) mass is 339 g/mol. The van der Waals surface area contributed by atoms with Gasteiger partial charge in [-0.3, -0.25) is 0 Å². The molecule has 5 nitrogen and oxygen atoms in total. The molecule has 0 atom stereocenters. The Kier molecular flexibility index (Phi) is 7.71. The van der Waals surface area contributed by atoms with Gasteiger partial charge >= 0.3 is 6.09 Å². The zero-order valence-corrected chi connectivity index (χ0v) is 14.6. The van der Waals surface area contributed by atoms with Crippen LogP contribution in [-0.2, 0) is 9.47 Å². The molecule has 6 heteroatoms. The minimum Gasteiger partial charge on any atom is -0.410 e. The fourth-order valence-electron chi connectivity index (χ4n) is 2.57. The highest BCUT2D eigenvalue weighted by Gasteiger charge is 2.16. The van der Waals surface area contributed by atoms with Crippen molar-refractivity contribution in [3.05, 3.63) is 24.3 Å².